The molecule has 1 aliphatic rings. The van der Waals surface area contributed by atoms with E-state index in [1.165, 1.54) is 0 Å². The average Bonchev–Trinajstić information content (AvgIpc) is 2.69. The van der Waals surface area contributed by atoms with Crippen LogP contribution in [0.5, 0.6) is 0 Å². The molecule has 0 radical (unpaired) electrons. The van der Waals surface area contributed by atoms with Crippen molar-refractivity contribution < 1.29 is 4.79 Å². The Bertz CT molecular complexity index is 442. The summed E-state index contributed by atoms with van der Waals surface area (Å²) in [5.74, 6) is -0.116. The van der Waals surface area contributed by atoms with E-state index in [0.717, 1.165) is 19.5 Å². The third-order valence-corrected chi connectivity index (χ3v) is 3.70. The zero-order valence-corrected chi connectivity index (χ0v) is 11.0. The molecule has 1 saturated heterocycles. The van der Waals surface area contributed by atoms with Crippen molar-refractivity contribution in [1.82, 2.24) is 10.6 Å². The van der Waals surface area contributed by atoms with Crippen molar-refractivity contribution in [2.75, 3.05) is 13.1 Å². The lowest BCUT2D eigenvalue weighted by atomic mass is 10.0. The highest BCUT2D eigenvalue weighted by atomic mass is 35.5. The first kappa shape index (κ1) is 12.7. The molecule has 2 N–H and O–H groups in total. The normalized spacial score (nSPS) is 23.7. The lowest BCUT2D eigenvalue weighted by Crippen LogP contribution is -2.47. The highest BCUT2D eigenvalue weighted by Gasteiger charge is 2.30. The number of nitrogens with one attached hydrogen (secondary N) is 2. The van der Waals surface area contributed by atoms with Gasteiger partial charge >= 0.3 is 0 Å². The lowest BCUT2D eigenvalue weighted by molar-refractivity contribution is 0.0913. The van der Waals surface area contributed by atoms with Gasteiger partial charge in [0.25, 0.3) is 5.91 Å². The Balaban J connectivity index is 2.11. The number of rotatable bonds is 2. The largest absolute Gasteiger partial charge is 0.346 e. The molecule has 1 amide bonds. The third kappa shape index (κ3) is 2.92. The molecule has 0 aromatic heterocycles. The molecule has 1 heterocycles. The van der Waals surface area contributed by atoms with Crippen LogP contribution in [0.3, 0.4) is 0 Å². The minimum absolute atomic E-state index is 0.116. The molecule has 92 valence electrons. The molecule has 1 fully saturated rings. The maximum absolute atomic E-state index is 12.0. The topological polar surface area (TPSA) is 41.1 Å². The Morgan fingerprint density at radius 2 is 2.18 bits per heavy atom. The van der Waals surface area contributed by atoms with Crippen LogP contribution in [0.2, 0.25) is 10.0 Å². The van der Waals surface area contributed by atoms with Gasteiger partial charge < -0.3 is 10.6 Å². The lowest BCUT2D eigenvalue weighted by Gasteiger charge is -2.24. The molecule has 1 aliphatic heterocycles. The molecule has 3 nitrogen and oxygen atoms in total. The number of halogens is 2. The van der Waals surface area contributed by atoms with Crippen molar-refractivity contribution in [3.63, 3.8) is 0 Å². The van der Waals surface area contributed by atoms with Crippen LogP contribution in [0.1, 0.15) is 23.7 Å². The fraction of sp³-hybridized carbons (Fsp3) is 0.417. The van der Waals surface area contributed by atoms with Crippen LogP contribution in [0.15, 0.2) is 18.2 Å². The van der Waals surface area contributed by atoms with Crippen LogP contribution >= 0.6 is 23.2 Å². The second-order valence-corrected chi connectivity index (χ2v) is 5.38. The van der Waals surface area contributed by atoms with E-state index in [-0.39, 0.29) is 11.4 Å². The van der Waals surface area contributed by atoms with Crippen molar-refractivity contribution in [1.29, 1.82) is 0 Å². The highest BCUT2D eigenvalue weighted by Crippen LogP contribution is 2.23. The molecule has 1 aromatic rings. The minimum Gasteiger partial charge on any atom is -0.346 e. The standard InChI is InChI=1S/C12H14Cl2N2O/c1-12(4-5-15-7-12)16-11(17)8-2-3-9(13)10(14)6-8/h2-3,6,15H,4-5,7H2,1H3,(H,16,17). The zero-order valence-electron chi connectivity index (χ0n) is 9.52. The zero-order chi connectivity index (χ0) is 12.5. The van der Waals surface area contributed by atoms with E-state index in [1.54, 1.807) is 18.2 Å². The molecule has 1 atom stereocenters. The van der Waals surface area contributed by atoms with Gasteiger partial charge in [-0.15, -0.1) is 0 Å². The van der Waals surface area contributed by atoms with E-state index >= 15 is 0 Å². The number of hydrogen-bond acceptors (Lipinski definition) is 2. The van der Waals surface area contributed by atoms with Crippen molar-refractivity contribution in [2.45, 2.75) is 18.9 Å². The Kier molecular flexibility index (Phi) is 3.61. The van der Waals surface area contributed by atoms with Gasteiger partial charge in [0.05, 0.1) is 15.6 Å². The van der Waals surface area contributed by atoms with Gasteiger partial charge in [0.15, 0.2) is 0 Å². The molecule has 2 rings (SSSR count). The summed E-state index contributed by atoms with van der Waals surface area (Å²) in [6, 6.07) is 4.90. The molecule has 5 heteroatoms. The SMILES string of the molecule is CC1(NC(=O)c2ccc(Cl)c(Cl)c2)CCNC1. The van der Waals surface area contributed by atoms with Gasteiger partial charge in [-0.2, -0.15) is 0 Å². The van der Waals surface area contributed by atoms with E-state index in [9.17, 15) is 4.79 Å². The van der Waals surface area contributed by atoms with Gasteiger partial charge in [-0.05, 0) is 38.1 Å². The van der Waals surface area contributed by atoms with Crippen LogP contribution < -0.4 is 10.6 Å². The second kappa shape index (κ2) is 4.84. The fourth-order valence-corrected chi connectivity index (χ4v) is 2.21. The summed E-state index contributed by atoms with van der Waals surface area (Å²) in [6.45, 7) is 3.75. The average molecular weight is 273 g/mol. The summed E-state index contributed by atoms with van der Waals surface area (Å²) < 4.78 is 0. The van der Waals surface area contributed by atoms with Crippen LogP contribution in [-0.4, -0.2) is 24.5 Å². The number of carbonyl (C=O) groups is 1. The first-order valence-corrected chi connectivity index (χ1v) is 6.24. The van der Waals surface area contributed by atoms with Gasteiger partial charge in [-0.3, -0.25) is 4.79 Å². The van der Waals surface area contributed by atoms with Gasteiger partial charge in [0.2, 0.25) is 0 Å². The first-order chi connectivity index (χ1) is 8.00. The van der Waals surface area contributed by atoms with E-state index in [1.807, 2.05) is 6.92 Å². The molecule has 0 aliphatic carbocycles. The molecule has 17 heavy (non-hydrogen) atoms. The fourth-order valence-electron chi connectivity index (χ4n) is 1.91. The second-order valence-electron chi connectivity index (χ2n) is 4.57. The predicted octanol–water partition coefficient (Wildman–Crippen LogP) is 2.48. The smallest absolute Gasteiger partial charge is 0.251 e. The Labute approximate surface area is 110 Å². The van der Waals surface area contributed by atoms with E-state index in [4.69, 9.17) is 23.2 Å². The summed E-state index contributed by atoms with van der Waals surface area (Å²) >= 11 is 11.7. The van der Waals surface area contributed by atoms with Gasteiger partial charge in [0, 0.05) is 12.1 Å². The molecular weight excluding hydrogens is 259 g/mol. The van der Waals surface area contributed by atoms with Gasteiger partial charge in [-0.1, -0.05) is 23.2 Å². The third-order valence-electron chi connectivity index (χ3n) is 2.97. The summed E-state index contributed by atoms with van der Waals surface area (Å²) in [5, 5.41) is 7.10. The Hall–Kier alpha value is -0.770. The van der Waals surface area contributed by atoms with E-state index in [0.29, 0.717) is 15.6 Å². The van der Waals surface area contributed by atoms with Crippen molar-refractivity contribution >= 4 is 29.1 Å². The van der Waals surface area contributed by atoms with E-state index in [2.05, 4.69) is 10.6 Å². The first-order valence-electron chi connectivity index (χ1n) is 5.48. The Morgan fingerprint density at radius 1 is 1.41 bits per heavy atom. The maximum Gasteiger partial charge on any atom is 0.251 e. The highest BCUT2D eigenvalue weighted by molar-refractivity contribution is 6.42. The number of amides is 1. The van der Waals surface area contributed by atoms with Crippen LogP contribution in [-0.2, 0) is 0 Å². The van der Waals surface area contributed by atoms with Gasteiger partial charge in [-0.25, -0.2) is 0 Å². The molecule has 0 bridgehead atoms. The maximum atomic E-state index is 12.0. The van der Waals surface area contributed by atoms with Crippen LogP contribution in [0.4, 0.5) is 0 Å². The molecular formula is C12H14Cl2N2O. The summed E-state index contributed by atoms with van der Waals surface area (Å²) in [7, 11) is 0. The summed E-state index contributed by atoms with van der Waals surface area (Å²) in [6.07, 6.45) is 0.931. The van der Waals surface area contributed by atoms with Crippen molar-refractivity contribution in [2.24, 2.45) is 0 Å². The summed E-state index contributed by atoms with van der Waals surface area (Å²) in [5.41, 5.74) is 0.357. The molecule has 1 aromatic carbocycles. The summed E-state index contributed by atoms with van der Waals surface area (Å²) in [4.78, 5) is 12.0. The van der Waals surface area contributed by atoms with Crippen molar-refractivity contribution in [3.8, 4) is 0 Å². The molecule has 1 unspecified atom stereocenters. The number of benzene rings is 1. The quantitative estimate of drug-likeness (QED) is 0.869. The molecule has 0 saturated carbocycles. The van der Waals surface area contributed by atoms with E-state index < -0.39 is 0 Å². The molecule has 0 spiro atoms. The number of carbonyl (C=O) groups excluding carboxylic acids is 1. The van der Waals surface area contributed by atoms with Crippen LogP contribution in [0.25, 0.3) is 0 Å². The monoisotopic (exact) mass is 272 g/mol. The van der Waals surface area contributed by atoms with Gasteiger partial charge in [0.1, 0.15) is 0 Å². The number of hydrogen-bond donors (Lipinski definition) is 2. The van der Waals surface area contributed by atoms with Crippen molar-refractivity contribution in [3.05, 3.63) is 33.8 Å². The van der Waals surface area contributed by atoms with Crippen LogP contribution in [0, 0.1) is 0 Å². The Morgan fingerprint density at radius 3 is 2.76 bits per heavy atom. The predicted molar refractivity (Wildman–Crippen MR) is 69.8 cm³/mol. The minimum atomic E-state index is -0.177.